The largest absolute Gasteiger partial charge is 0.490 e. The molecule has 7 heteroatoms. The summed E-state index contributed by atoms with van der Waals surface area (Å²) in [6, 6.07) is 12.5. The quantitative estimate of drug-likeness (QED) is 0.372. The summed E-state index contributed by atoms with van der Waals surface area (Å²) >= 11 is 11.4. The average Bonchev–Trinajstić information content (AvgIpc) is 3.18. The van der Waals surface area contributed by atoms with Crippen LogP contribution in [-0.2, 0) is 19.7 Å². The van der Waals surface area contributed by atoms with Gasteiger partial charge in [-0.05, 0) is 48.2 Å². The lowest BCUT2D eigenvalue weighted by atomic mass is 10.2. The van der Waals surface area contributed by atoms with E-state index in [1.54, 1.807) is 23.5 Å². The fraction of sp³-hybridized carbons (Fsp3) is 0.238. The summed E-state index contributed by atoms with van der Waals surface area (Å²) < 4.78 is 26.5. The Bertz CT molecular complexity index is 901. The van der Waals surface area contributed by atoms with Crippen LogP contribution in [0.2, 0.25) is 5.02 Å². The molecule has 1 N–H and O–H groups in total. The van der Waals surface area contributed by atoms with Crippen LogP contribution in [0.25, 0.3) is 0 Å². The monoisotopic (exact) mass is 483 g/mol. The molecule has 148 valence electrons. The summed E-state index contributed by atoms with van der Waals surface area (Å²) in [5.74, 6) is 0.764. The molecule has 0 aliphatic rings. The van der Waals surface area contributed by atoms with Crippen LogP contribution in [0.4, 0.5) is 4.39 Å². The molecule has 1 aromatic heterocycles. The van der Waals surface area contributed by atoms with Crippen molar-refractivity contribution in [3.05, 3.63) is 79.2 Å². The van der Waals surface area contributed by atoms with Gasteiger partial charge in [-0.2, -0.15) is 0 Å². The van der Waals surface area contributed by atoms with E-state index in [0.29, 0.717) is 35.2 Å². The van der Waals surface area contributed by atoms with Crippen LogP contribution in [0.15, 0.2) is 52.3 Å². The second kappa shape index (κ2) is 10.3. The second-order valence-electron chi connectivity index (χ2n) is 6.00. The van der Waals surface area contributed by atoms with Crippen LogP contribution >= 0.6 is 38.9 Å². The van der Waals surface area contributed by atoms with Gasteiger partial charge in [-0.15, -0.1) is 11.3 Å². The molecule has 0 fully saturated rings. The molecule has 0 aliphatic carbocycles. The van der Waals surface area contributed by atoms with Crippen molar-refractivity contribution in [3.63, 3.8) is 0 Å². The van der Waals surface area contributed by atoms with Gasteiger partial charge in [0.15, 0.2) is 11.5 Å². The minimum absolute atomic E-state index is 0.0218. The Hall–Kier alpha value is -1.60. The average molecular weight is 485 g/mol. The van der Waals surface area contributed by atoms with E-state index in [9.17, 15) is 4.39 Å². The predicted octanol–water partition coefficient (Wildman–Crippen LogP) is 6.57. The van der Waals surface area contributed by atoms with Crippen molar-refractivity contribution in [3.8, 4) is 11.5 Å². The maximum Gasteiger partial charge on any atom is 0.162 e. The number of hydrogen-bond acceptors (Lipinski definition) is 4. The highest BCUT2D eigenvalue weighted by Gasteiger charge is 2.14. The van der Waals surface area contributed by atoms with E-state index < -0.39 is 0 Å². The fourth-order valence-electron chi connectivity index (χ4n) is 2.65. The van der Waals surface area contributed by atoms with E-state index in [1.165, 1.54) is 10.9 Å². The van der Waals surface area contributed by atoms with Crippen molar-refractivity contribution in [2.45, 2.75) is 26.6 Å². The highest BCUT2D eigenvalue weighted by molar-refractivity contribution is 9.10. The van der Waals surface area contributed by atoms with Gasteiger partial charge < -0.3 is 14.8 Å². The number of rotatable bonds is 9. The number of ether oxygens (including phenoxy) is 2. The zero-order valence-electron chi connectivity index (χ0n) is 15.3. The van der Waals surface area contributed by atoms with Crippen LogP contribution in [0.1, 0.15) is 22.9 Å². The van der Waals surface area contributed by atoms with Gasteiger partial charge >= 0.3 is 0 Å². The third kappa shape index (κ3) is 5.47. The van der Waals surface area contributed by atoms with Gasteiger partial charge in [0.25, 0.3) is 0 Å². The Labute approximate surface area is 181 Å². The molecule has 3 nitrogen and oxygen atoms in total. The first-order valence-corrected chi connectivity index (χ1v) is 10.9. The van der Waals surface area contributed by atoms with Crippen molar-refractivity contribution in [2.24, 2.45) is 0 Å². The molecule has 3 rings (SSSR count). The van der Waals surface area contributed by atoms with Crippen molar-refractivity contribution in [1.82, 2.24) is 5.32 Å². The summed E-state index contributed by atoms with van der Waals surface area (Å²) in [6.07, 6.45) is 0. The lowest BCUT2D eigenvalue weighted by Crippen LogP contribution is -2.12. The smallest absolute Gasteiger partial charge is 0.162 e. The number of nitrogens with one attached hydrogen (secondary N) is 1. The van der Waals surface area contributed by atoms with Gasteiger partial charge in [-0.1, -0.05) is 39.7 Å². The molecule has 0 saturated heterocycles. The zero-order valence-corrected chi connectivity index (χ0v) is 18.5. The molecule has 0 amide bonds. The molecule has 3 aromatic rings. The Kier molecular flexibility index (Phi) is 7.73. The number of hydrogen-bond donors (Lipinski definition) is 1. The zero-order chi connectivity index (χ0) is 19.9. The minimum atomic E-state index is -0.390. The maximum atomic E-state index is 14.0. The molecule has 0 spiro atoms. The number of halogens is 3. The number of benzene rings is 2. The molecule has 2 aromatic carbocycles. The van der Waals surface area contributed by atoms with Crippen LogP contribution in [0.5, 0.6) is 11.5 Å². The third-order valence-electron chi connectivity index (χ3n) is 4.04. The number of thiophene rings is 1. The molecular weight excluding hydrogens is 465 g/mol. The highest BCUT2D eigenvalue weighted by atomic mass is 79.9. The van der Waals surface area contributed by atoms with Crippen molar-refractivity contribution >= 4 is 38.9 Å². The third-order valence-corrected chi connectivity index (χ3v) is 6.01. The van der Waals surface area contributed by atoms with Crippen LogP contribution in [-0.4, -0.2) is 6.61 Å². The normalized spacial score (nSPS) is 10.9. The predicted molar refractivity (Wildman–Crippen MR) is 116 cm³/mol. The fourth-order valence-corrected chi connectivity index (χ4v) is 4.00. The molecule has 0 atom stereocenters. The molecule has 0 bridgehead atoms. The van der Waals surface area contributed by atoms with E-state index in [4.69, 9.17) is 21.1 Å². The lowest BCUT2D eigenvalue weighted by molar-refractivity contribution is 0.265. The molecule has 1 heterocycles. The van der Waals surface area contributed by atoms with E-state index in [0.717, 1.165) is 16.6 Å². The Balaban J connectivity index is 1.72. The first kappa shape index (κ1) is 21.1. The van der Waals surface area contributed by atoms with Gasteiger partial charge in [-0.25, -0.2) is 4.39 Å². The Morgan fingerprint density at radius 2 is 1.93 bits per heavy atom. The standard InChI is InChI=1S/C21H20BrClFNO2S/c1-2-26-20-9-14(11-25-12-15-5-4-8-28-15)17(22)10-21(20)27-13-16-18(23)6-3-7-19(16)24/h3-10,25H,2,11-13H2,1H3. The van der Waals surface area contributed by atoms with Crippen molar-refractivity contribution in [2.75, 3.05) is 6.61 Å². The summed E-state index contributed by atoms with van der Waals surface area (Å²) in [5.41, 5.74) is 1.38. The van der Waals surface area contributed by atoms with E-state index in [-0.39, 0.29) is 12.4 Å². The molecule has 0 aliphatic heterocycles. The van der Waals surface area contributed by atoms with Crippen molar-refractivity contribution < 1.29 is 13.9 Å². The molecular formula is C21H20BrClFNO2S. The second-order valence-corrected chi connectivity index (χ2v) is 8.29. The summed E-state index contributed by atoms with van der Waals surface area (Å²) in [4.78, 5) is 1.28. The Morgan fingerprint density at radius 1 is 1.11 bits per heavy atom. The molecule has 0 saturated carbocycles. The summed E-state index contributed by atoms with van der Waals surface area (Å²) in [6.45, 7) is 3.92. The van der Waals surface area contributed by atoms with E-state index >= 15 is 0 Å². The maximum absolute atomic E-state index is 14.0. The van der Waals surface area contributed by atoms with Crippen LogP contribution in [0.3, 0.4) is 0 Å². The highest BCUT2D eigenvalue weighted by Crippen LogP contribution is 2.35. The minimum Gasteiger partial charge on any atom is -0.490 e. The Morgan fingerprint density at radius 3 is 2.64 bits per heavy atom. The van der Waals surface area contributed by atoms with Gasteiger partial charge in [0, 0.05) is 28.0 Å². The summed E-state index contributed by atoms with van der Waals surface area (Å²) in [7, 11) is 0. The van der Waals surface area contributed by atoms with Crippen molar-refractivity contribution in [1.29, 1.82) is 0 Å². The lowest BCUT2D eigenvalue weighted by Gasteiger charge is -2.16. The first-order valence-electron chi connectivity index (χ1n) is 8.82. The van der Waals surface area contributed by atoms with Gasteiger partial charge in [-0.3, -0.25) is 0 Å². The van der Waals surface area contributed by atoms with Gasteiger partial charge in [0.2, 0.25) is 0 Å². The first-order chi connectivity index (χ1) is 13.6. The topological polar surface area (TPSA) is 30.5 Å². The van der Waals surface area contributed by atoms with E-state index in [2.05, 4.69) is 32.7 Å². The SMILES string of the molecule is CCOc1cc(CNCc2cccs2)c(Br)cc1OCc1c(F)cccc1Cl. The van der Waals surface area contributed by atoms with E-state index in [1.807, 2.05) is 25.1 Å². The van der Waals surface area contributed by atoms with Gasteiger partial charge in [0.05, 0.1) is 11.6 Å². The molecule has 0 unspecified atom stereocenters. The molecule has 28 heavy (non-hydrogen) atoms. The summed E-state index contributed by atoms with van der Waals surface area (Å²) in [5, 5.41) is 5.83. The van der Waals surface area contributed by atoms with Crippen LogP contribution in [0, 0.1) is 5.82 Å². The van der Waals surface area contributed by atoms with Gasteiger partial charge in [0.1, 0.15) is 12.4 Å². The van der Waals surface area contributed by atoms with Crippen LogP contribution < -0.4 is 14.8 Å². The molecule has 0 radical (unpaired) electrons.